The predicted octanol–water partition coefficient (Wildman–Crippen LogP) is 5.59. The van der Waals surface area contributed by atoms with Crippen LogP contribution in [-0.2, 0) is 6.42 Å². The summed E-state index contributed by atoms with van der Waals surface area (Å²) in [5.41, 5.74) is 5.83. The zero-order valence-corrected chi connectivity index (χ0v) is 13.0. The van der Waals surface area contributed by atoms with Crippen LogP contribution in [0.5, 0.6) is 0 Å². The molecule has 0 fully saturated rings. The zero-order chi connectivity index (χ0) is 13.4. The molecule has 0 aliphatic heterocycles. The first-order chi connectivity index (χ1) is 9.16. The van der Waals surface area contributed by atoms with Gasteiger partial charge in [0.2, 0.25) is 0 Å². The molecule has 2 aromatic carbocycles. The van der Waals surface area contributed by atoms with Gasteiger partial charge in [0.15, 0.2) is 0 Å². The third-order valence-corrected chi connectivity index (χ3v) is 5.34. The molecule has 0 N–H and O–H groups in total. The summed E-state index contributed by atoms with van der Waals surface area (Å²) in [6, 6.07) is 17.9. The van der Waals surface area contributed by atoms with Crippen LogP contribution in [0.4, 0.5) is 0 Å². The van der Waals surface area contributed by atoms with Gasteiger partial charge in [-0.2, -0.15) is 0 Å². The summed E-state index contributed by atoms with van der Waals surface area (Å²) < 4.78 is 0. The van der Waals surface area contributed by atoms with E-state index in [1.165, 1.54) is 28.7 Å². The topological polar surface area (TPSA) is 0 Å². The van der Waals surface area contributed by atoms with Crippen molar-refractivity contribution in [1.82, 2.24) is 0 Å². The molecular formula is C18H19Br. The zero-order valence-electron chi connectivity index (χ0n) is 11.4. The van der Waals surface area contributed by atoms with Gasteiger partial charge in [-0.05, 0) is 34.6 Å². The van der Waals surface area contributed by atoms with Crippen LogP contribution in [0, 0.1) is 0 Å². The number of fused-ring (bicyclic) bond motifs is 1. The Balaban J connectivity index is 1.80. The highest BCUT2D eigenvalue weighted by molar-refractivity contribution is 9.09. The molecule has 3 rings (SSSR count). The number of benzene rings is 2. The standard InChI is InChI=1S/C18H19Br/c1-12(2)13-7-9-14(10-8-13)18(19)17-11-15-5-3-4-6-16(15)17/h3-10,12,17-18H,11H2,1-2H3. The van der Waals surface area contributed by atoms with Crippen molar-refractivity contribution in [2.45, 2.75) is 36.9 Å². The van der Waals surface area contributed by atoms with E-state index in [1.807, 2.05) is 0 Å². The van der Waals surface area contributed by atoms with Crippen molar-refractivity contribution in [3.8, 4) is 0 Å². The first-order valence-corrected chi connectivity index (χ1v) is 7.90. The van der Waals surface area contributed by atoms with Crippen molar-refractivity contribution in [2.24, 2.45) is 0 Å². The molecule has 0 bridgehead atoms. The minimum absolute atomic E-state index is 0.434. The van der Waals surface area contributed by atoms with Gasteiger partial charge in [-0.3, -0.25) is 0 Å². The number of hydrogen-bond donors (Lipinski definition) is 0. The van der Waals surface area contributed by atoms with Gasteiger partial charge in [-0.25, -0.2) is 0 Å². The van der Waals surface area contributed by atoms with Gasteiger partial charge in [-0.15, -0.1) is 0 Å². The number of halogens is 1. The summed E-state index contributed by atoms with van der Waals surface area (Å²) in [5, 5.41) is 0. The summed E-state index contributed by atoms with van der Waals surface area (Å²) in [4.78, 5) is 0.434. The molecule has 0 nitrogen and oxygen atoms in total. The van der Waals surface area contributed by atoms with E-state index in [0.29, 0.717) is 16.7 Å². The fourth-order valence-electron chi connectivity index (χ4n) is 2.86. The van der Waals surface area contributed by atoms with Gasteiger partial charge in [0.25, 0.3) is 0 Å². The Kier molecular flexibility index (Phi) is 3.49. The third-order valence-electron chi connectivity index (χ3n) is 4.17. The molecule has 2 unspecified atom stereocenters. The summed E-state index contributed by atoms with van der Waals surface area (Å²) in [6.07, 6.45) is 1.19. The molecule has 1 aliphatic carbocycles. The first-order valence-electron chi connectivity index (χ1n) is 6.98. The second-order valence-corrected chi connectivity index (χ2v) is 6.72. The molecule has 19 heavy (non-hydrogen) atoms. The molecule has 98 valence electrons. The Labute approximate surface area is 124 Å². The van der Waals surface area contributed by atoms with Crippen LogP contribution in [-0.4, -0.2) is 0 Å². The van der Waals surface area contributed by atoms with Crippen molar-refractivity contribution in [3.63, 3.8) is 0 Å². The smallest absolute Gasteiger partial charge is 0.0467 e. The van der Waals surface area contributed by atoms with Gasteiger partial charge >= 0.3 is 0 Å². The molecule has 1 heteroatoms. The summed E-state index contributed by atoms with van der Waals surface area (Å²) in [7, 11) is 0. The number of alkyl halides is 1. The Morgan fingerprint density at radius 1 is 0.947 bits per heavy atom. The Morgan fingerprint density at radius 2 is 1.58 bits per heavy atom. The van der Waals surface area contributed by atoms with Crippen molar-refractivity contribution in [1.29, 1.82) is 0 Å². The number of rotatable bonds is 3. The van der Waals surface area contributed by atoms with E-state index in [4.69, 9.17) is 0 Å². The van der Waals surface area contributed by atoms with E-state index in [2.05, 4.69) is 78.3 Å². The lowest BCUT2D eigenvalue weighted by Crippen LogP contribution is -2.20. The molecule has 0 saturated carbocycles. The largest absolute Gasteiger partial charge is 0.0832 e. The average molecular weight is 315 g/mol. The SMILES string of the molecule is CC(C)c1ccc(C(Br)C2Cc3ccccc32)cc1. The molecule has 0 spiro atoms. The molecule has 1 aliphatic rings. The van der Waals surface area contributed by atoms with Gasteiger partial charge in [0, 0.05) is 10.7 Å². The highest BCUT2D eigenvalue weighted by Gasteiger charge is 2.31. The maximum absolute atomic E-state index is 3.89. The Morgan fingerprint density at radius 3 is 2.21 bits per heavy atom. The second kappa shape index (κ2) is 5.13. The minimum atomic E-state index is 0.434. The summed E-state index contributed by atoms with van der Waals surface area (Å²) >= 11 is 3.89. The summed E-state index contributed by atoms with van der Waals surface area (Å²) in [5.74, 6) is 1.23. The van der Waals surface area contributed by atoms with Crippen LogP contribution in [0.2, 0.25) is 0 Å². The average Bonchev–Trinajstić information content (AvgIpc) is 2.40. The van der Waals surface area contributed by atoms with Crippen LogP contribution in [0.3, 0.4) is 0 Å². The molecule has 0 heterocycles. The van der Waals surface area contributed by atoms with Crippen LogP contribution < -0.4 is 0 Å². The molecular weight excluding hydrogens is 296 g/mol. The molecule has 0 saturated heterocycles. The second-order valence-electron chi connectivity index (χ2n) is 5.73. The van der Waals surface area contributed by atoms with Gasteiger partial charge < -0.3 is 0 Å². The fraction of sp³-hybridized carbons (Fsp3) is 0.333. The fourth-order valence-corrected chi connectivity index (χ4v) is 3.63. The quantitative estimate of drug-likeness (QED) is 0.648. The third kappa shape index (κ3) is 2.36. The van der Waals surface area contributed by atoms with Crippen LogP contribution >= 0.6 is 15.9 Å². The lowest BCUT2D eigenvalue weighted by molar-refractivity contribution is 0.600. The normalized spacial score (nSPS) is 18.8. The van der Waals surface area contributed by atoms with E-state index in [-0.39, 0.29) is 0 Å². The first kappa shape index (κ1) is 12.9. The monoisotopic (exact) mass is 314 g/mol. The van der Waals surface area contributed by atoms with Crippen molar-refractivity contribution < 1.29 is 0 Å². The molecule has 0 amide bonds. The molecule has 2 aromatic rings. The van der Waals surface area contributed by atoms with E-state index in [1.54, 1.807) is 0 Å². The maximum Gasteiger partial charge on any atom is 0.0467 e. The lowest BCUT2D eigenvalue weighted by Gasteiger charge is -2.34. The Bertz CT molecular complexity index is 568. The van der Waals surface area contributed by atoms with Gasteiger partial charge in [0.1, 0.15) is 0 Å². The molecule has 2 atom stereocenters. The minimum Gasteiger partial charge on any atom is -0.0832 e. The molecule has 0 aromatic heterocycles. The highest BCUT2D eigenvalue weighted by Crippen LogP contribution is 2.47. The Hall–Kier alpha value is -1.08. The van der Waals surface area contributed by atoms with E-state index in [9.17, 15) is 0 Å². The van der Waals surface area contributed by atoms with Gasteiger partial charge in [-0.1, -0.05) is 78.3 Å². The van der Waals surface area contributed by atoms with Crippen molar-refractivity contribution in [2.75, 3.05) is 0 Å². The van der Waals surface area contributed by atoms with Crippen molar-refractivity contribution in [3.05, 3.63) is 70.8 Å². The van der Waals surface area contributed by atoms with E-state index in [0.717, 1.165) is 0 Å². The van der Waals surface area contributed by atoms with Crippen molar-refractivity contribution >= 4 is 15.9 Å². The maximum atomic E-state index is 3.89. The highest BCUT2D eigenvalue weighted by atomic mass is 79.9. The lowest BCUT2D eigenvalue weighted by atomic mass is 9.74. The van der Waals surface area contributed by atoms with Crippen LogP contribution in [0.25, 0.3) is 0 Å². The van der Waals surface area contributed by atoms with Gasteiger partial charge in [0.05, 0.1) is 0 Å². The predicted molar refractivity (Wildman–Crippen MR) is 85.1 cm³/mol. The van der Waals surface area contributed by atoms with Crippen LogP contribution in [0.15, 0.2) is 48.5 Å². The van der Waals surface area contributed by atoms with E-state index < -0.39 is 0 Å². The van der Waals surface area contributed by atoms with Crippen LogP contribution in [0.1, 0.15) is 52.8 Å². The molecule has 0 radical (unpaired) electrons. The summed E-state index contributed by atoms with van der Waals surface area (Å²) in [6.45, 7) is 4.48. The number of hydrogen-bond acceptors (Lipinski definition) is 0. The van der Waals surface area contributed by atoms with E-state index >= 15 is 0 Å².